The number of aliphatic hydroxyl groups excluding tert-OH is 1. The Bertz CT molecular complexity index is 329. The van der Waals surface area contributed by atoms with Crippen molar-refractivity contribution in [3.05, 3.63) is 23.8 Å². The zero-order valence-corrected chi connectivity index (χ0v) is 8.95. The van der Waals surface area contributed by atoms with Crippen LogP contribution in [0.15, 0.2) is 18.2 Å². The van der Waals surface area contributed by atoms with Crippen LogP contribution in [0.5, 0.6) is 11.5 Å². The lowest BCUT2D eigenvalue weighted by Crippen LogP contribution is -2.10. The molecule has 0 aromatic heterocycles. The van der Waals surface area contributed by atoms with Gasteiger partial charge < -0.3 is 14.6 Å². The highest BCUT2D eigenvalue weighted by molar-refractivity contribution is 5.46. The number of halogens is 2. The summed E-state index contributed by atoms with van der Waals surface area (Å²) in [6.07, 6.45) is -2.55. The predicted octanol–water partition coefficient (Wildman–Crippen LogP) is 2.22. The molecule has 0 aliphatic carbocycles. The van der Waals surface area contributed by atoms with Gasteiger partial charge in [0, 0.05) is 5.56 Å². The molecule has 1 aromatic carbocycles. The molecule has 3 nitrogen and oxygen atoms in total. The molecule has 0 radical (unpaired) electrons. The van der Waals surface area contributed by atoms with Gasteiger partial charge in [0.2, 0.25) is 0 Å². The molecule has 0 atom stereocenters. The molecule has 1 N–H and O–H groups in total. The number of hydrogen-bond donors (Lipinski definition) is 1. The quantitative estimate of drug-likeness (QED) is 0.817. The van der Waals surface area contributed by atoms with Crippen LogP contribution in [0.1, 0.15) is 12.5 Å². The second-order valence-electron chi connectivity index (χ2n) is 3.04. The molecule has 90 valence electrons. The summed E-state index contributed by atoms with van der Waals surface area (Å²) in [6, 6.07) is 4.89. The molecule has 0 unspecified atom stereocenters. The fourth-order valence-corrected chi connectivity index (χ4v) is 1.27. The molecule has 0 heterocycles. The molecular formula is C11H14F2O3. The van der Waals surface area contributed by atoms with Crippen LogP contribution in [0.3, 0.4) is 0 Å². The van der Waals surface area contributed by atoms with Crippen molar-refractivity contribution in [2.24, 2.45) is 0 Å². The lowest BCUT2D eigenvalue weighted by molar-refractivity contribution is 0.0787. The molecule has 0 aliphatic rings. The highest BCUT2D eigenvalue weighted by Crippen LogP contribution is 2.31. The Hall–Kier alpha value is -1.36. The van der Waals surface area contributed by atoms with Crippen LogP contribution >= 0.6 is 0 Å². The maximum atomic E-state index is 12.0. The summed E-state index contributed by atoms with van der Waals surface area (Å²) in [5.41, 5.74) is 0.437. The molecule has 5 heteroatoms. The van der Waals surface area contributed by atoms with Crippen LogP contribution in [0.2, 0.25) is 0 Å². The third-order valence-corrected chi connectivity index (χ3v) is 1.88. The van der Waals surface area contributed by atoms with Crippen molar-refractivity contribution >= 4 is 0 Å². The zero-order valence-electron chi connectivity index (χ0n) is 8.95. The van der Waals surface area contributed by atoms with E-state index in [-0.39, 0.29) is 12.4 Å². The minimum atomic E-state index is -2.55. The maximum absolute atomic E-state index is 12.0. The Labute approximate surface area is 92.6 Å². The van der Waals surface area contributed by atoms with E-state index in [0.29, 0.717) is 17.9 Å². The van der Waals surface area contributed by atoms with Gasteiger partial charge >= 0.3 is 0 Å². The van der Waals surface area contributed by atoms with Gasteiger partial charge in [-0.05, 0) is 13.0 Å². The smallest absolute Gasteiger partial charge is 0.272 e. The number of hydrogen-bond acceptors (Lipinski definition) is 3. The molecule has 0 aliphatic heterocycles. The van der Waals surface area contributed by atoms with Gasteiger partial charge in [-0.15, -0.1) is 0 Å². The van der Waals surface area contributed by atoms with Crippen LogP contribution in [0, 0.1) is 0 Å². The Morgan fingerprint density at radius 2 is 2.06 bits per heavy atom. The Morgan fingerprint density at radius 1 is 1.31 bits per heavy atom. The average molecular weight is 232 g/mol. The first-order valence-corrected chi connectivity index (χ1v) is 4.95. The van der Waals surface area contributed by atoms with Gasteiger partial charge in [0.25, 0.3) is 6.43 Å². The topological polar surface area (TPSA) is 38.7 Å². The largest absolute Gasteiger partial charge is 0.490 e. The standard InChI is InChI=1S/C11H14F2O3/c1-2-15-9-5-3-4-8(6-14)11(9)16-7-10(12)13/h3-5,10,14H,2,6-7H2,1H3. The third-order valence-electron chi connectivity index (χ3n) is 1.88. The summed E-state index contributed by atoms with van der Waals surface area (Å²) >= 11 is 0. The van der Waals surface area contributed by atoms with E-state index in [1.54, 1.807) is 25.1 Å². The van der Waals surface area contributed by atoms with Crippen LogP contribution in [0.25, 0.3) is 0 Å². The molecular weight excluding hydrogens is 218 g/mol. The van der Waals surface area contributed by atoms with Crippen LogP contribution in [-0.2, 0) is 6.61 Å². The number of ether oxygens (including phenoxy) is 2. The van der Waals surface area contributed by atoms with E-state index in [2.05, 4.69) is 0 Å². The van der Waals surface area contributed by atoms with Crippen molar-refractivity contribution in [1.29, 1.82) is 0 Å². The average Bonchev–Trinajstić information content (AvgIpc) is 2.27. The van der Waals surface area contributed by atoms with Gasteiger partial charge in [0.05, 0.1) is 13.2 Å². The first-order valence-electron chi connectivity index (χ1n) is 4.95. The second kappa shape index (κ2) is 6.27. The van der Waals surface area contributed by atoms with E-state index >= 15 is 0 Å². The normalized spacial score (nSPS) is 10.6. The molecule has 0 spiro atoms. The molecule has 1 aromatic rings. The predicted molar refractivity (Wildman–Crippen MR) is 55.0 cm³/mol. The number of alkyl halides is 2. The molecule has 0 amide bonds. The first kappa shape index (κ1) is 12.7. The fourth-order valence-electron chi connectivity index (χ4n) is 1.27. The van der Waals surface area contributed by atoms with Gasteiger partial charge in [0.1, 0.15) is 6.61 Å². The van der Waals surface area contributed by atoms with Crippen molar-refractivity contribution < 1.29 is 23.4 Å². The van der Waals surface area contributed by atoms with Gasteiger partial charge in [-0.3, -0.25) is 0 Å². The number of benzene rings is 1. The van der Waals surface area contributed by atoms with E-state index in [0.717, 1.165) is 0 Å². The van der Waals surface area contributed by atoms with E-state index in [1.807, 2.05) is 0 Å². The van der Waals surface area contributed by atoms with Crippen LogP contribution in [0.4, 0.5) is 8.78 Å². The SMILES string of the molecule is CCOc1cccc(CO)c1OCC(F)F. The van der Waals surface area contributed by atoms with Crippen molar-refractivity contribution in [1.82, 2.24) is 0 Å². The van der Waals surface area contributed by atoms with Crippen molar-refractivity contribution in [3.8, 4) is 11.5 Å². The third kappa shape index (κ3) is 3.34. The van der Waals surface area contributed by atoms with E-state index < -0.39 is 13.0 Å². The summed E-state index contributed by atoms with van der Waals surface area (Å²) in [6.45, 7) is 1.19. The first-order chi connectivity index (χ1) is 7.69. The van der Waals surface area contributed by atoms with E-state index in [4.69, 9.17) is 14.6 Å². The van der Waals surface area contributed by atoms with Crippen molar-refractivity contribution in [2.45, 2.75) is 20.0 Å². The van der Waals surface area contributed by atoms with Gasteiger partial charge in [-0.2, -0.15) is 0 Å². The summed E-state index contributed by atoms with van der Waals surface area (Å²) in [5.74, 6) is 0.557. The molecule has 1 rings (SSSR count). The Morgan fingerprint density at radius 3 is 2.62 bits per heavy atom. The fraction of sp³-hybridized carbons (Fsp3) is 0.455. The van der Waals surface area contributed by atoms with Gasteiger partial charge in [0.15, 0.2) is 11.5 Å². The van der Waals surface area contributed by atoms with Gasteiger partial charge in [-0.1, -0.05) is 12.1 Å². The molecule has 0 fully saturated rings. The summed E-state index contributed by atoms with van der Waals surface area (Å²) in [7, 11) is 0. The van der Waals surface area contributed by atoms with Crippen molar-refractivity contribution in [2.75, 3.05) is 13.2 Å². The van der Waals surface area contributed by atoms with Crippen molar-refractivity contribution in [3.63, 3.8) is 0 Å². The monoisotopic (exact) mass is 232 g/mol. The van der Waals surface area contributed by atoms with E-state index in [1.165, 1.54) is 0 Å². The maximum Gasteiger partial charge on any atom is 0.272 e. The lowest BCUT2D eigenvalue weighted by Gasteiger charge is -2.14. The molecule has 16 heavy (non-hydrogen) atoms. The Kier molecular flexibility index (Phi) is 4.98. The minimum Gasteiger partial charge on any atom is -0.490 e. The summed E-state index contributed by atoms with van der Waals surface area (Å²) < 4.78 is 34.3. The molecule has 0 bridgehead atoms. The number of aliphatic hydroxyl groups is 1. The second-order valence-corrected chi connectivity index (χ2v) is 3.04. The Balaban J connectivity index is 2.90. The highest BCUT2D eigenvalue weighted by atomic mass is 19.3. The minimum absolute atomic E-state index is 0.187. The highest BCUT2D eigenvalue weighted by Gasteiger charge is 2.12. The van der Waals surface area contributed by atoms with Crippen LogP contribution in [-0.4, -0.2) is 24.7 Å². The molecule has 0 saturated heterocycles. The van der Waals surface area contributed by atoms with Crippen LogP contribution < -0.4 is 9.47 Å². The lowest BCUT2D eigenvalue weighted by atomic mass is 10.2. The summed E-state index contributed by atoms with van der Waals surface area (Å²) in [4.78, 5) is 0. The molecule has 0 saturated carbocycles. The number of rotatable bonds is 6. The van der Waals surface area contributed by atoms with E-state index in [9.17, 15) is 8.78 Å². The van der Waals surface area contributed by atoms with Gasteiger partial charge in [-0.25, -0.2) is 8.78 Å². The number of para-hydroxylation sites is 1. The zero-order chi connectivity index (χ0) is 12.0. The summed E-state index contributed by atoms with van der Waals surface area (Å²) in [5, 5.41) is 9.05.